The van der Waals surface area contributed by atoms with Crippen LogP contribution < -0.4 is 5.32 Å². The Hall–Kier alpha value is -0.860. The van der Waals surface area contributed by atoms with E-state index in [-0.39, 0.29) is 1.43 Å². The molecule has 2 heteroatoms. The number of hydrogen-bond acceptors (Lipinski definition) is 2. The Morgan fingerprint density at radius 1 is 1.33 bits per heavy atom. The van der Waals surface area contributed by atoms with E-state index in [0.717, 1.165) is 6.54 Å². The van der Waals surface area contributed by atoms with Crippen LogP contribution in [0.5, 0.6) is 0 Å². The van der Waals surface area contributed by atoms with Gasteiger partial charge in [-0.2, -0.15) is 0 Å². The van der Waals surface area contributed by atoms with Crippen molar-refractivity contribution in [1.82, 2.24) is 10.2 Å². The van der Waals surface area contributed by atoms with Gasteiger partial charge in [0.1, 0.15) is 0 Å². The molecule has 0 aliphatic carbocycles. The molecule has 1 N–H and O–H groups in total. The van der Waals surface area contributed by atoms with E-state index in [0.29, 0.717) is 12.1 Å². The van der Waals surface area contributed by atoms with Gasteiger partial charge < -0.3 is 5.32 Å². The molecule has 0 atom stereocenters. The Morgan fingerprint density at radius 3 is 2.60 bits per heavy atom. The maximum Gasteiger partial charge on any atom is 0.0325 e. The molecule has 1 aromatic rings. The molecular formula is C13H22N2. The maximum absolute atomic E-state index is 3.55. The van der Waals surface area contributed by atoms with E-state index < -0.39 is 0 Å². The summed E-state index contributed by atoms with van der Waals surface area (Å²) in [4.78, 5) is 2.48. The van der Waals surface area contributed by atoms with Gasteiger partial charge in [0, 0.05) is 33.1 Å². The van der Waals surface area contributed by atoms with Crippen molar-refractivity contribution in [1.29, 1.82) is 0 Å². The minimum absolute atomic E-state index is 0. The molecule has 2 nitrogen and oxygen atoms in total. The first-order valence-electron chi connectivity index (χ1n) is 5.76. The molecule has 1 aromatic carbocycles. The lowest BCUT2D eigenvalue weighted by molar-refractivity contribution is 0.113. The summed E-state index contributed by atoms with van der Waals surface area (Å²) < 4.78 is 0. The highest BCUT2D eigenvalue weighted by atomic mass is 15.2. The predicted octanol–water partition coefficient (Wildman–Crippen LogP) is 2.11. The van der Waals surface area contributed by atoms with Crippen LogP contribution in [0.25, 0.3) is 0 Å². The van der Waals surface area contributed by atoms with Gasteiger partial charge in [-0.25, -0.2) is 0 Å². The molecule has 84 valence electrons. The quantitative estimate of drug-likeness (QED) is 0.811. The van der Waals surface area contributed by atoms with Crippen molar-refractivity contribution in [2.24, 2.45) is 0 Å². The second-order valence-corrected chi connectivity index (χ2v) is 4.70. The topological polar surface area (TPSA) is 15.3 Å². The van der Waals surface area contributed by atoms with Gasteiger partial charge in [-0.05, 0) is 5.56 Å². The standard InChI is InChI=1S/C13H20N2.H2/c1-11(2)14-13-9-15(10-13)8-12-6-4-3-5-7-12;/h3-7,11,13-14H,8-10H2,1-2H3;1H. The van der Waals surface area contributed by atoms with Crippen molar-refractivity contribution in [3.8, 4) is 0 Å². The molecule has 0 bridgehead atoms. The highest BCUT2D eigenvalue weighted by Crippen LogP contribution is 2.13. The number of nitrogens with zero attached hydrogens (tertiary/aromatic N) is 1. The summed E-state index contributed by atoms with van der Waals surface area (Å²) >= 11 is 0. The SMILES string of the molecule is CC(C)NC1CN(Cc2ccccc2)C1.[HH]. The molecule has 2 rings (SSSR count). The average Bonchev–Trinajstić information content (AvgIpc) is 2.15. The number of nitrogens with one attached hydrogen (secondary N) is 1. The van der Waals surface area contributed by atoms with Gasteiger partial charge in [0.15, 0.2) is 0 Å². The van der Waals surface area contributed by atoms with Crippen molar-refractivity contribution in [2.75, 3.05) is 13.1 Å². The zero-order valence-corrected chi connectivity index (χ0v) is 9.61. The average molecular weight is 206 g/mol. The summed E-state index contributed by atoms with van der Waals surface area (Å²) in [5.41, 5.74) is 1.42. The van der Waals surface area contributed by atoms with Crippen LogP contribution in [0.4, 0.5) is 0 Å². The Kier molecular flexibility index (Phi) is 3.39. The van der Waals surface area contributed by atoms with Crippen LogP contribution in [-0.4, -0.2) is 30.1 Å². The van der Waals surface area contributed by atoms with Gasteiger partial charge in [-0.15, -0.1) is 0 Å². The lowest BCUT2D eigenvalue weighted by Crippen LogP contribution is -2.58. The first-order valence-corrected chi connectivity index (χ1v) is 5.76. The van der Waals surface area contributed by atoms with Crippen LogP contribution in [-0.2, 0) is 6.54 Å². The predicted molar refractivity (Wildman–Crippen MR) is 65.9 cm³/mol. The van der Waals surface area contributed by atoms with E-state index in [9.17, 15) is 0 Å². The fourth-order valence-electron chi connectivity index (χ4n) is 2.12. The minimum atomic E-state index is 0. The molecule has 0 radical (unpaired) electrons. The van der Waals surface area contributed by atoms with Crippen molar-refractivity contribution >= 4 is 0 Å². The van der Waals surface area contributed by atoms with Crippen molar-refractivity contribution in [3.63, 3.8) is 0 Å². The van der Waals surface area contributed by atoms with Crippen molar-refractivity contribution < 1.29 is 1.43 Å². The summed E-state index contributed by atoms with van der Waals surface area (Å²) in [5, 5.41) is 3.55. The van der Waals surface area contributed by atoms with E-state index in [4.69, 9.17) is 0 Å². The Labute approximate surface area is 93.8 Å². The Morgan fingerprint density at radius 2 is 2.00 bits per heavy atom. The largest absolute Gasteiger partial charge is 0.309 e. The zero-order valence-electron chi connectivity index (χ0n) is 9.61. The van der Waals surface area contributed by atoms with Gasteiger partial charge in [0.05, 0.1) is 0 Å². The molecule has 15 heavy (non-hydrogen) atoms. The van der Waals surface area contributed by atoms with E-state index in [1.165, 1.54) is 18.7 Å². The van der Waals surface area contributed by atoms with Gasteiger partial charge >= 0.3 is 0 Å². The number of benzene rings is 1. The van der Waals surface area contributed by atoms with E-state index in [1.54, 1.807) is 0 Å². The second kappa shape index (κ2) is 4.77. The van der Waals surface area contributed by atoms with Crippen LogP contribution in [0.2, 0.25) is 0 Å². The molecule has 1 aliphatic rings. The first kappa shape index (κ1) is 10.7. The van der Waals surface area contributed by atoms with Gasteiger partial charge in [0.25, 0.3) is 0 Å². The number of likely N-dealkylation sites (tertiary alicyclic amines) is 1. The molecule has 0 amide bonds. The van der Waals surface area contributed by atoms with Crippen molar-refractivity contribution in [3.05, 3.63) is 35.9 Å². The smallest absolute Gasteiger partial charge is 0.0325 e. The molecule has 1 saturated heterocycles. The van der Waals surface area contributed by atoms with Crippen LogP contribution in [0.3, 0.4) is 0 Å². The van der Waals surface area contributed by atoms with Crippen LogP contribution in [0.1, 0.15) is 20.8 Å². The molecule has 1 heterocycles. The molecule has 1 fully saturated rings. The van der Waals surface area contributed by atoms with E-state index in [1.807, 2.05) is 0 Å². The van der Waals surface area contributed by atoms with Crippen molar-refractivity contribution in [2.45, 2.75) is 32.5 Å². The Balaban J connectivity index is 0.00000128. The summed E-state index contributed by atoms with van der Waals surface area (Å²) in [6.45, 7) is 7.89. The summed E-state index contributed by atoms with van der Waals surface area (Å²) in [5.74, 6) is 0. The third-order valence-corrected chi connectivity index (χ3v) is 2.78. The van der Waals surface area contributed by atoms with Gasteiger partial charge in [-0.1, -0.05) is 44.2 Å². The summed E-state index contributed by atoms with van der Waals surface area (Å²) in [6, 6.07) is 12.0. The Bertz CT molecular complexity index is 294. The number of hydrogen-bond donors (Lipinski definition) is 1. The maximum atomic E-state index is 3.55. The van der Waals surface area contributed by atoms with E-state index in [2.05, 4.69) is 54.4 Å². The fraction of sp³-hybridized carbons (Fsp3) is 0.538. The monoisotopic (exact) mass is 206 g/mol. The summed E-state index contributed by atoms with van der Waals surface area (Å²) in [7, 11) is 0. The normalized spacial score (nSPS) is 18.1. The van der Waals surface area contributed by atoms with Crippen LogP contribution >= 0.6 is 0 Å². The molecule has 0 spiro atoms. The first-order chi connectivity index (χ1) is 7.24. The third-order valence-electron chi connectivity index (χ3n) is 2.78. The molecule has 0 saturated carbocycles. The summed E-state index contributed by atoms with van der Waals surface area (Å²) in [6.07, 6.45) is 0. The van der Waals surface area contributed by atoms with E-state index >= 15 is 0 Å². The van der Waals surface area contributed by atoms with Crippen LogP contribution in [0.15, 0.2) is 30.3 Å². The second-order valence-electron chi connectivity index (χ2n) is 4.70. The lowest BCUT2D eigenvalue weighted by atomic mass is 10.1. The molecular weight excluding hydrogens is 184 g/mol. The van der Waals surface area contributed by atoms with Gasteiger partial charge in [-0.3, -0.25) is 4.90 Å². The molecule has 1 aliphatic heterocycles. The van der Waals surface area contributed by atoms with Gasteiger partial charge in [0.2, 0.25) is 0 Å². The highest BCUT2D eigenvalue weighted by molar-refractivity contribution is 5.15. The third kappa shape index (κ3) is 3.05. The number of rotatable bonds is 4. The highest BCUT2D eigenvalue weighted by Gasteiger charge is 2.26. The molecule has 0 unspecified atom stereocenters. The molecule has 0 aromatic heterocycles. The minimum Gasteiger partial charge on any atom is -0.309 e. The fourth-order valence-corrected chi connectivity index (χ4v) is 2.12. The van der Waals surface area contributed by atoms with Crippen LogP contribution in [0, 0.1) is 0 Å². The lowest BCUT2D eigenvalue weighted by Gasteiger charge is -2.40. The zero-order chi connectivity index (χ0) is 10.7.